The summed E-state index contributed by atoms with van der Waals surface area (Å²) in [7, 11) is 0. The van der Waals surface area contributed by atoms with Gasteiger partial charge in [-0.15, -0.1) is 0 Å². The Bertz CT molecular complexity index is 426. The third-order valence-corrected chi connectivity index (χ3v) is 4.00. The maximum atomic E-state index is 7.65. The van der Waals surface area contributed by atoms with Crippen LogP contribution in [-0.4, -0.2) is 11.9 Å². The van der Waals surface area contributed by atoms with Gasteiger partial charge in [0.25, 0.3) is 0 Å². The summed E-state index contributed by atoms with van der Waals surface area (Å²) in [6.45, 7) is 0. The van der Waals surface area contributed by atoms with Crippen LogP contribution >= 0.6 is 15.9 Å². The van der Waals surface area contributed by atoms with Crippen LogP contribution in [0.2, 0.25) is 0 Å². The van der Waals surface area contributed by atoms with Crippen molar-refractivity contribution in [1.29, 1.82) is 5.41 Å². The van der Waals surface area contributed by atoms with Gasteiger partial charge in [-0.05, 0) is 53.7 Å². The van der Waals surface area contributed by atoms with Gasteiger partial charge in [-0.3, -0.25) is 5.41 Å². The highest BCUT2D eigenvalue weighted by atomic mass is 79.9. The van der Waals surface area contributed by atoms with Crippen LogP contribution < -0.4 is 10.5 Å². The molecule has 0 radical (unpaired) electrons. The van der Waals surface area contributed by atoms with Crippen molar-refractivity contribution in [2.45, 2.75) is 44.6 Å². The summed E-state index contributed by atoms with van der Waals surface area (Å²) in [6, 6.07) is 5.70. The second-order valence-corrected chi connectivity index (χ2v) is 5.61. The molecule has 0 atom stereocenters. The van der Waals surface area contributed by atoms with Crippen LogP contribution in [0.5, 0.6) is 5.75 Å². The first-order valence-corrected chi connectivity index (χ1v) is 7.27. The van der Waals surface area contributed by atoms with Gasteiger partial charge in [0.05, 0.1) is 11.7 Å². The van der Waals surface area contributed by atoms with Crippen molar-refractivity contribution in [1.82, 2.24) is 0 Å². The van der Waals surface area contributed by atoms with E-state index in [0.717, 1.165) is 23.1 Å². The van der Waals surface area contributed by atoms with Crippen molar-refractivity contribution in [3.05, 3.63) is 28.2 Å². The summed E-state index contributed by atoms with van der Waals surface area (Å²) >= 11 is 3.43. The van der Waals surface area contributed by atoms with E-state index in [2.05, 4.69) is 15.9 Å². The first-order valence-electron chi connectivity index (χ1n) is 6.48. The molecule has 3 nitrogen and oxygen atoms in total. The summed E-state index contributed by atoms with van der Waals surface area (Å²) in [5.74, 6) is 0.773. The largest absolute Gasteiger partial charge is 0.490 e. The number of hydrogen-bond acceptors (Lipinski definition) is 2. The van der Waals surface area contributed by atoms with E-state index in [-0.39, 0.29) is 11.9 Å². The van der Waals surface area contributed by atoms with E-state index in [4.69, 9.17) is 15.9 Å². The number of nitrogens with one attached hydrogen (secondary N) is 1. The molecule has 1 aliphatic carbocycles. The van der Waals surface area contributed by atoms with Gasteiger partial charge in [0.1, 0.15) is 11.6 Å². The highest BCUT2D eigenvalue weighted by molar-refractivity contribution is 9.10. The predicted molar refractivity (Wildman–Crippen MR) is 77.3 cm³/mol. The van der Waals surface area contributed by atoms with Gasteiger partial charge in [-0.25, -0.2) is 0 Å². The first-order chi connectivity index (χ1) is 8.68. The van der Waals surface area contributed by atoms with E-state index in [1.165, 1.54) is 25.7 Å². The standard InChI is InChI=1S/C14H19BrN2O/c15-11-8-5-9-12(13(11)14(16)17)18-10-6-3-1-2-4-7-10/h5,8-10H,1-4,6-7H2,(H3,16,17). The average molecular weight is 311 g/mol. The number of hydrogen-bond donors (Lipinski definition) is 2. The molecule has 4 heteroatoms. The maximum Gasteiger partial charge on any atom is 0.131 e. The Labute approximate surface area is 116 Å². The fourth-order valence-corrected chi connectivity index (χ4v) is 2.96. The Balaban J connectivity index is 2.17. The molecule has 0 saturated heterocycles. The fraction of sp³-hybridized carbons (Fsp3) is 0.500. The molecule has 1 fully saturated rings. The van der Waals surface area contributed by atoms with Crippen LogP contribution in [0.4, 0.5) is 0 Å². The normalized spacial score (nSPS) is 17.2. The molecule has 1 saturated carbocycles. The van der Waals surface area contributed by atoms with Crippen molar-refractivity contribution < 1.29 is 4.74 Å². The van der Waals surface area contributed by atoms with E-state index in [9.17, 15) is 0 Å². The summed E-state index contributed by atoms with van der Waals surface area (Å²) < 4.78 is 6.88. The van der Waals surface area contributed by atoms with E-state index < -0.39 is 0 Å². The molecule has 98 valence electrons. The molecule has 3 N–H and O–H groups in total. The van der Waals surface area contributed by atoms with Crippen molar-refractivity contribution in [3.63, 3.8) is 0 Å². The molecule has 1 aliphatic rings. The van der Waals surface area contributed by atoms with Gasteiger partial charge in [0.15, 0.2) is 0 Å². The number of benzene rings is 1. The van der Waals surface area contributed by atoms with Gasteiger partial charge < -0.3 is 10.5 Å². The molecule has 0 amide bonds. The minimum Gasteiger partial charge on any atom is -0.490 e. The van der Waals surface area contributed by atoms with Crippen LogP contribution in [0.1, 0.15) is 44.1 Å². The van der Waals surface area contributed by atoms with Crippen molar-refractivity contribution >= 4 is 21.8 Å². The molecular weight excluding hydrogens is 292 g/mol. The third kappa shape index (κ3) is 3.25. The Morgan fingerprint density at radius 1 is 1.22 bits per heavy atom. The Morgan fingerprint density at radius 2 is 1.89 bits per heavy atom. The second kappa shape index (κ2) is 6.23. The fourth-order valence-electron chi connectivity index (χ4n) is 2.40. The molecule has 0 aromatic heterocycles. The molecular formula is C14H19BrN2O. The van der Waals surface area contributed by atoms with Crippen molar-refractivity contribution in [2.75, 3.05) is 0 Å². The topological polar surface area (TPSA) is 59.1 Å². The maximum absolute atomic E-state index is 7.65. The van der Waals surface area contributed by atoms with E-state index in [1.54, 1.807) is 0 Å². The lowest BCUT2D eigenvalue weighted by molar-refractivity contribution is 0.183. The minimum absolute atomic E-state index is 0.0473. The van der Waals surface area contributed by atoms with Crippen LogP contribution in [0.25, 0.3) is 0 Å². The Morgan fingerprint density at radius 3 is 2.50 bits per heavy atom. The van der Waals surface area contributed by atoms with Gasteiger partial charge in [-0.1, -0.05) is 18.9 Å². The Hall–Kier alpha value is -1.03. The summed E-state index contributed by atoms with van der Waals surface area (Å²) in [5, 5.41) is 7.65. The lowest BCUT2D eigenvalue weighted by Crippen LogP contribution is -2.19. The SMILES string of the molecule is N=C(N)c1c(Br)cccc1OC1CCCCCC1. The first kappa shape index (κ1) is 13.4. The monoisotopic (exact) mass is 310 g/mol. The zero-order valence-corrected chi connectivity index (χ0v) is 12.0. The smallest absolute Gasteiger partial charge is 0.131 e. The highest BCUT2D eigenvalue weighted by Gasteiger charge is 2.17. The van der Waals surface area contributed by atoms with Crippen molar-refractivity contribution in [3.8, 4) is 5.75 Å². The molecule has 0 spiro atoms. The number of amidine groups is 1. The Kier molecular flexibility index (Phi) is 4.64. The molecule has 1 aromatic carbocycles. The van der Waals surface area contributed by atoms with Crippen LogP contribution in [0.3, 0.4) is 0 Å². The van der Waals surface area contributed by atoms with Crippen molar-refractivity contribution in [2.24, 2.45) is 5.73 Å². The molecule has 18 heavy (non-hydrogen) atoms. The quantitative estimate of drug-likeness (QED) is 0.506. The van der Waals surface area contributed by atoms with Crippen LogP contribution in [-0.2, 0) is 0 Å². The van der Waals surface area contributed by atoms with Gasteiger partial charge in [-0.2, -0.15) is 0 Å². The molecule has 1 aromatic rings. The van der Waals surface area contributed by atoms with E-state index >= 15 is 0 Å². The van der Waals surface area contributed by atoms with Gasteiger partial charge in [0.2, 0.25) is 0 Å². The predicted octanol–water partition coefficient (Wildman–Crippen LogP) is 3.83. The van der Waals surface area contributed by atoms with Crippen LogP contribution in [0, 0.1) is 5.41 Å². The summed E-state index contributed by atoms with van der Waals surface area (Å²) in [6.07, 6.45) is 7.53. The zero-order valence-electron chi connectivity index (χ0n) is 10.4. The minimum atomic E-state index is 0.0473. The molecule has 0 unspecified atom stereocenters. The average Bonchev–Trinajstić information content (AvgIpc) is 2.57. The lowest BCUT2D eigenvalue weighted by Gasteiger charge is -2.19. The number of halogens is 1. The van der Waals surface area contributed by atoms with E-state index in [1.807, 2.05) is 18.2 Å². The van der Waals surface area contributed by atoms with Gasteiger partial charge >= 0.3 is 0 Å². The van der Waals surface area contributed by atoms with Crippen LogP contribution in [0.15, 0.2) is 22.7 Å². The second-order valence-electron chi connectivity index (χ2n) is 4.76. The summed E-state index contributed by atoms with van der Waals surface area (Å²) in [5.41, 5.74) is 6.29. The summed E-state index contributed by atoms with van der Waals surface area (Å²) in [4.78, 5) is 0. The molecule has 2 rings (SSSR count). The molecule has 0 aliphatic heterocycles. The van der Waals surface area contributed by atoms with Gasteiger partial charge in [0, 0.05) is 4.47 Å². The lowest BCUT2D eigenvalue weighted by atomic mass is 10.1. The third-order valence-electron chi connectivity index (χ3n) is 3.34. The number of nitrogen functional groups attached to an aromatic ring is 1. The van der Waals surface area contributed by atoms with E-state index in [0.29, 0.717) is 5.56 Å². The molecule has 0 heterocycles. The number of ether oxygens (including phenoxy) is 1. The highest BCUT2D eigenvalue weighted by Crippen LogP contribution is 2.29. The number of nitrogens with two attached hydrogens (primary N) is 1. The number of rotatable bonds is 3. The molecule has 0 bridgehead atoms. The zero-order chi connectivity index (χ0) is 13.0.